The van der Waals surface area contributed by atoms with Crippen LogP contribution in [0.1, 0.15) is 25.0 Å². The van der Waals surface area contributed by atoms with Crippen LogP contribution in [0.5, 0.6) is 0 Å². The van der Waals surface area contributed by atoms with Gasteiger partial charge >= 0.3 is 0 Å². The van der Waals surface area contributed by atoms with E-state index in [0.29, 0.717) is 0 Å². The fourth-order valence-electron chi connectivity index (χ4n) is 8.29. The van der Waals surface area contributed by atoms with Crippen molar-refractivity contribution in [3.8, 4) is 44.5 Å². The summed E-state index contributed by atoms with van der Waals surface area (Å²) in [6, 6.07) is 58.9. The molecule has 0 unspecified atom stereocenters. The minimum atomic E-state index is -0.0406. The lowest BCUT2D eigenvalue weighted by molar-refractivity contribution is 0.661. The SMILES string of the molecule is CC1(C)c2cc(-c3ccc(-c4ccc(-c5ccc6ccc7cccc8ccc5c6c78)cc4)cc3)ccc2-c2cc3ccccc3cc21. The zero-order chi connectivity index (χ0) is 31.3. The van der Waals surface area contributed by atoms with Crippen LogP contribution >= 0.6 is 0 Å². The topological polar surface area (TPSA) is 0 Å². The molecular formula is C47H32. The highest BCUT2D eigenvalue weighted by molar-refractivity contribution is 6.25. The fraction of sp³-hybridized carbons (Fsp3) is 0.0638. The molecule has 0 nitrogen and oxygen atoms in total. The maximum Gasteiger partial charge on any atom is 0.0159 e. The Morgan fingerprint density at radius 1 is 0.319 bits per heavy atom. The van der Waals surface area contributed by atoms with Gasteiger partial charge in [-0.1, -0.05) is 153 Å². The molecule has 0 aliphatic heterocycles. The third-order valence-corrected chi connectivity index (χ3v) is 10.8. The van der Waals surface area contributed by atoms with Gasteiger partial charge in [-0.05, 0) is 117 Å². The predicted molar refractivity (Wildman–Crippen MR) is 202 cm³/mol. The van der Waals surface area contributed by atoms with E-state index in [2.05, 4.69) is 172 Å². The van der Waals surface area contributed by atoms with Crippen molar-refractivity contribution in [2.75, 3.05) is 0 Å². The quantitative estimate of drug-likeness (QED) is 0.178. The van der Waals surface area contributed by atoms with Gasteiger partial charge in [0, 0.05) is 5.41 Å². The maximum absolute atomic E-state index is 2.42. The van der Waals surface area contributed by atoms with Crippen molar-refractivity contribution in [1.29, 1.82) is 0 Å². The van der Waals surface area contributed by atoms with Gasteiger partial charge in [0.2, 0.25) is 0 Å². The van der Waals surface area contributed by atoms with Gasteiger partial charge in [0.25, 0.3) is 0 Å². The summed E-state index contributed by atoms with van der Waals surface area (Å²) >= 11 is 0. The van der Waals surface area contributed by atoms with Gasteiger partial charge in [-0.2, -0.15) is 0 Å². The summed E-state index contributed by atoms with van der Waals surface area (Å²) in [4.78, 5) is 0. The van der Waals surface area contributed by atoms with E-state index in [9.17, 15) is 0 Å². The van der Waals surface area contributed by atoms with Gasteiger partial charge in [0.05, 0.1) is 0 Å². The molecule has 220 valence electrons. The number of rotatable bonds is 3. The van der Waals surface area contributed by atoms with Gasteiger partial charge in [-0.3, -0.25) is 0 Å². The van der Waals surface area contributed by atoms with Crippen LogP contribution in [0.3, 0.4) is 0 Å². The van der Waals surface area contributed by atoms with E-state index in [1.807, 2.05) is 0 Å². The number of fused-ring (bicyclic) bond motifs is 4. The lowest BCUT2D eigenvalue weighted by Gasteiger charge is -2.22. The Morgan fingerprint density at radius 3 is 1.51 bits per heavy atom. The van der Waals surface area contributed by atoms with E-state index in [4.69, 9.17) is 0 Å². The molecule has 9 aromatic rings. The maximum atomic E-state index is 2.42. The van der Waals surface area contributed by atoms with Crippen LogP contribution in [0, 0.1) is 0 Å². The van der Waals surface area contributed by atoms with Gasteiger partial charge in [-0.25, -0.2) is 0 Å². The lowest BCUT2D eigenvalue weighted by atomic mass is 9.81. The van der Waals surface area contributed by atoms with E-state index in [0.717, 1.165) is 0 Å². The van der Waals surface area contributed by atoms with Gasteiger partial charge in [0.1, 0.15) is 0 Å². The summed E-state index contributed by atoms with van der Waals surface area (Å²) in [5.74, 6) is 0. The first kappa shape index (κ1) is 26.5. The monoisotopic (exact) mass is 596 g/mol. The molecule has 0 heterocycles. The Kier molecular flexibility index (Phi) is 5.44. The van der Waals surface area contributed by atoms with Crippen molar-refractivity contribution < 1.29 is 0 Å². The smallest absolute Gasteiger partial charge is 0.0159 e. The molecule has 0 heteroatoms. The zero-order valence-corrected chi connectivity index (χ0v) is 26.5. The average Bonchev–Trinajstić information content (AvgIpc) is 3.34. The van der Waals surface area contributed by atoms with Crippen molar-refractivity contribution in [1.82, 2.24) is 0 Å². The van der Waals surface area contributed by atoms with E-state index < -0.39 is 0 Å². The summed E-state index contributed by atoms with van der Waals surface area (Å²) in [5.41, 5.74) is 13.0. The number of benzene rings is 9. The number of hydrogen-bond donors (Lipinski definition) is 0. The molecule has 0 amide bonds. The minimum Gasteiger partial charge on any atom is -0.0616 e. The zero-order valence-electron chi connectivity index (χ0n) is 26.5. The van der Waals surface area contributed by atoms with Crippen LogP contribution in [0.4, 0.5) is 0 Å². The molecule has 1 aliphatic rings. The molecule has 1 aliphatic carbocycles. The number of hydrogen-bond acceptors (Lipinski definition) is 0. The molecule has 0 saturated carbocycles. The summed E-state index contributed by atoms with van der Waals surface area (Å²) in [6.45, 7) is 4.73. The Hall–Kier alpha value is -5.72. The van der Waals surface area contributed by atoms with Crippen molar-refractivity contribution in [2.24, 2.45) is 0 Å². The van der Waals surface area contributed by atoms with Crippen molar-refractivity contribution >= 4 is 43.1 Å². The molecule has 0 fully saturated rings. The average molecular weight is 597 g/mol. The predicted octanol–water partition coefficient (Wildman–Crippen LogP) is 13.0. The summed E-state index contributed by atoms with van der Waals surface area (Å²) in [7, 11) is 0. The first-order chi connectivity index (χ1) is 23.0. The standard InChI is InChI=1S/C47H32/c1-47(2)43-28-38(22-24-40(43)42-26-36-6-3-4-7-37(36)27-44(42)47)31-12-10-29(11-13-31)30-14-16-32(17-15-30)39-23-20-35-19-18-33-8-5-9-34-21-25-41(39)46(35)45(33)34/h3-28H,1-2H3. The largest absolute Gasteiger partial charge is 0.0616 e. The molecule has 0 aromatic heterocycles. The molecule has 0 atom stereocenters. The highest BCUT2D eigenvalue weighted by Gasteiger charge is 2.35. The molecule has 9 aromatic carbocycles. The van der Waals surface area contributed by atoms with Gasteiger partial charge < -0.3 is 0 Å². The van der Waals surface area contributed by atoms with Crippen LogP contribution < -0.4 is 0 Å². The second-order valence-electron chi connectivity index (χ2n) is 13.8. The van der Waals surface area contributed by atoms with Crippen LogP contribution in [0.2, 0.25) is 0 Å². The first-order valence-corrected chi connectivity index (χ1v) is 16.6. The van der Waals surface area contributed by atoms with Crippen LogP contribution in [-0.4, -0.2) is 0 Å². The lowest BCUT2D eigenvalue weighted by Crippen LogP contribution is -2.15. The highest BCUT2D eigenvalue weighted by Crippen LogP contribution is 2.51. The van der Waals surface area contributed by atoms with Crippen LogP contribution in [0.15, 0.2) is 158 Å². The van der Waals surface area contributed by atoms with Gasteiger partial charge in [0.15, 0.2) is 0 Å². The van der Waals surface area contributed by atoms with Crippen LogP contribution in [0.25, 0.3) is 87.6 Å². The highest BCUT2D eigenvalue weighted by atomic mass is 14.4. The fourth-order valence-corrected chi connectivity index (χ4v) is 8.29. The van der Waals surface area contributed by atoms with Crippen molar-refractivity contribution in [3.05, 3.63) is 169 Å². The van der Waals surface area contributed by atoms with E-state index in [1.54, 1.807) is 0 Å². The minimum absolute atomic E-state index is 0.0406. The Bertz CT molecular complexity index is 2650. The van der Waals surface area contributed by atoms with Gasteiger partial charge in [-0.15, -0.1) is 0 Å². The van der Waals surface area contributed by atoms with E-state index >= 15 is 0 Å². The molecule has 0 bridgehead atoms. The van der Waals surface area contributed by atoms with Crippen molar-refractivity contribution in [2.45, 2.75) is 19.3 Å². The van der Waals surface area contributed by atoms with Crippen LogP contribution in [-0.2, 0) is 5.41 Å². The Labute approximate surface area is 274 Å². The molecule has 10 rings (SSSR count). The molecule has 0 N–H and O–H groups in total. The molecule has 0 radical (unpaired) electrons. The third-order valence-electron chi connectivity index (χ3n) is 10.8. The summed E-state index contributed by atoms with van der Waals surface area (Å²) in [6.07, 6.45) is 0. The third kappa shape index (κ3) is 3.88. The summed E-state index contributed by atoms with van der Waals surface area (Å²) in [5, 5.41) is 10.6. The Balaban J connectivity index is 0.972. The van der Waals surface area contributed by atoms with E-state index in [1.165, 1.54) is 98.7 Å². The normalized spacial score (nSPS) is 13.5. The molecule has 0 saturated heterocycles. The second-order valence-corrected chi connectivity index (χ2v) is 13.8. The molecular weight excluding hydrogens is 565 g/mol. The molecule has 47 heavy (non-hydrogen) atoms. The molecule has 0 spiro atoms. The first-order valence-electron chi connectivity index (χ1n) is 16.6. The van der Waals surface area contributed by atoms with Crippen molar-refractivity contribution in [3.63, 3.8) is 0 Å². The second kappa shape index (κ2) is 9.64. The van der Waals surface area contributed by atoms with E-state index in [-0.39, 0.29) is 5.41 Å². The Morgan fingerprint density at radius 2 is 0.809 bits per heavy atom. The summed E-state index contributed by atoms with van der Waals surface area (Å²) < 4.78 is 0.